The lowest BCUT2D eigenvalue weighted by Crippen LogP contribution is -2.07. The maximum atomic E-state index is 5.80. The van der Waals surface area contributed by atoms with Crippen LogP contribution in [0.3, 0.4) is 0 Å². The predicted molar refractivity (Wildman–Crippen MR) is 59.3 cm³/mol. The van der Waals surface area contributed by atoms with E-state index >= 15 is 0 Å². The molecule has 0 aliphatic rings. The molecule has 0 atom stereocenters. The first-order chi connectivity index (χ1) is 7.08. The Morgan fingerprint density at radius 3 is 2.80 bits per heavy atom. The zero-order chi connectivity index (χ0) is 11.0. The first-order valence-electron chi connectivity index (χ1n) is 5.03. The van der Waals surface area contributed by atoms with Crippen molar-refractivity contribution in [1.82, 2.24) is 19.7 Å². The lowest BCUT2D eigenvalue weighted by molar-refractivity contribution is 0.492. The second-order valence-electron chi connectivity index (χ2n) is 4.11. The predicted octanol–water partition coefficient (Wildman–Crippen LogP) is 1.37. The monoisotopic (exact) mass is 205 g/mol. The van der Waals surface area contributed by atoms with Crippen LogP contribution in [0.5, 0.6) is 0 Å². The quantitative estimate of drug-likeness (QED) is 0.804. The first kappa shape index (κ1) is 9.89. The zero-order valence-corrected chi connectivity index (χ0v) is 9.23. The number of aryl methyl sites for hydroxylation is 1. The van der Waals surface area contributed by atoms with E-state index in [1.807, 2.05) is 11.6 Å². The Kier molecular flexibility index (Phi) is 2.30. The third-order valence-corrected chi connectivity index (χ3v) is 2.18. The highest BCUT2D eigenvalue weighted by molar-refractivity contribution is 5.84. The molecule has 2 aromatic rings. The molecule has 0 saturated carbocycles. The van der Waals surface area contributed by atoms with Crippen LogP contribution in [0.1, 0.15) is 19.7 Å². The SMILES string of the molecule is Cc1nc(N)c2cnn(CC(C)C)c2n1. The van der Waals surface area contributed by atoms with Gasteiger partial charge in [0, 0.05) is 6.54 Å². The van der Waals surface area contributed by atoms with E-state index in [0.717, 1.165) is 17.6 Å². The summed E-state index contributed by atoms with van der Waals surface area (Å²) < 4.78 is 1.88. The summed E-state index contributed by atoms with van der Waals surface area (Å²) in [6.45, 7) is 6.97. The fraction of sp³-hybridized carbons (Fsp3) is 0.500. The van der Waals surface area contributed by atoms with Gasteiger partial charge in [0.2, 0.25) is 0 Å². The minimum absolute atomic E-state index is 0.507. The Morgan fingerprint density at radius 1 is 1.40 bits per heavy atom. The molecule has 5 nitrogen and oxygen atoms in total. The number of anilines is 1. The molecule has 0 fully saturated rings. The summed E-state index contributed by atoms with van der Waals surface area (Å²) in [7, 11) is 0. The lowest BCUT2D eigenvalue weighted by atomic mass is 10.2. The highest BCUT2D eigenvalue weighted by Crippen LogP contribution is 2.17. The third-order valence-electron chi connectivity index (χ3n) is 2.18. The van der Waals surface area contributed by atoms with Gasteiger partial charge < -0.3 is 5.73 Å². The molecule has 0 saturated heterocycles. The molecular formula is C10H15N5. The van der Waals surface area contributed by atoms with Crippen molar-refractivity contribution in [2.75, 3.05) is 5.73 Å². The highest BCUT2D eigenvalue weighted by Gasteiger charge is 2.09. The molecule has 0 unspecified atom stereocenters. The Labute approximate surface area is 88.3 Å². The number of nitrogens with two attached hydrogens (primary N) is 1. The van der Waals surface area contributed by atoms with Crippen molar-refractivity contribution < 1.29 is 0 Å². The topological polar surface area (TPSA) is 69.6 Å². The first-order valence-corrected chi connectivity index (χ1v) is 5.03. The summed E-state index contributed by atoms with van der Waals surface area (Å²) >= 11 is 0. The van der Waals surface area contributed by atoms with Crippen molar-refractivity contribution in [2.45, 2.75) is 27.3 Å². The fourth-order valence-corrected chi connectivity index (χ4v) is 1.57. The molecule has 2 aromatic heterocycles. The molecule has 2 N–H and O–H groups in total. The molecule has 0 spiro atoms. The summed E-state index contributed by atoms with van der Waals surface area (Å²) in [5.41, 5.74) is 6.62. The van der Waals surface area contributed by atoms with E-state index in [1.165, 1.54) is 0 Å². The summed E-state index contributed by atoms with van der Waals surface area (Å²) in [5, 5.41) is 5.11. The number of hydrogen-bond acceptors (Lipinski definition) is 4. The lowest BCUT2D eigenvalue weighted by Gasteiger charge is -2.06. The summed E-state index contributed by atoms with van der Waals surface area (Å²) in [6.07, 6.45) is 1.73. The average Bonchev–Trinajstić information content (AvgIpc) is 2.48. The van der Waals surface area contributed by atoms with Crippen molar-refractivity contribution in [3.8, 4) is 0 Å². The van der Waals surface area contributed by atoms with E-state index in [1.54, 1.807) is 6.20 Å². The van der Waals surface area contributed by atoms with Gasteiger partial charge in [-0.25, -0.2) is 14.6 Å². The molecule has 0 amide bonds. The van der Waals surface area contributed by atoms with Gasteiger partial charge in [0.05, 0.1) is 11.6 Å². The molecule has 80 valence electrons. The number of hydrogen-bond donors (Lipinski definition) is 1. The number of fused-ring (bicyclic) bond motifs is 1. The van der Waals surface area contributed by atoms with E-state index in [0.29, 0.717) is 17.6 Å². The standard InChI is InChI=1S/C10H15N5/c1-6(2)5-15-10-8(4-12-15)9(11)13-7(3)14-10/h4,6H,5H2,1-3H3,(H2,11,13,14). The van der Waals surface area contributed by atoms with Gasteiger partial charge in [-0.05, 0) is 12.8 Å². The molecule has 5 heteroatoms. The molecule has 0 aliphatic heterocycles. The minimum atomic E-state index is 0.507. The summed E-state index contributed by atoms with van der Waals surface area (Å²) in [5.74, 6) is 1.72. The Morgan fingerprint density at radius 2 is 2.13 bits per heavy atom. The van der Waals surface area contributed by atoms with Gasteiger partial charge in [0.25, 0.3) is 0 Å². The summed E-state index contributed by atoms with van der Waals surface area (Å²) in [4.78, 5) is 8.47. The maximum Gasteiger partial charge on any atom is 0.163 e. The largest absolute Gasteiger partial charge is 0.383 e. The molecular weight excluding hydrogens is 190 g/mol. The Bertz CT molecular complexity index is 486. The minimum Gasteiger partial charge on any atom is -0.383 e. The average molecular weight is 205 g/mol. The van der Waals surface area contributed by atoms with Crippen molar-refractivity contribution in [3.05, 3.63) is 12.0 Å². The maximum absolute atomic E-state index is 5.80. The van der Waals surface area contributed by atoms with E-state index in [4.69, 9.17) is 5.73 Å². The van der Waals surface area contributed by atoms with Crippen LogP contribution in [0.15, 0.2) is 6.20 Å². The van der Waals surface area contributed by atoms with Gasteiger partial charge in [0.1, 0.15) is 11.6 Å². The van der Waals surface area contributed by atoms with Crippen LogP contribution in [-0.4, -0.2) is 19.7 Å². The molecule has 2 rings (SSSR count). The van der Waals surface area contributed by atoms with E-state index in [9.17, 15) is 0 Å². The molecule has 15 heavy (non-hydrogen) atoms. The molecule has 0 bridgehead atoms. The van der Waals surface area contributed by atoms with Crippen LogP contribution in [0.4, 0.5) is 5.82 Å². The van der Waals surface area contributed by atoms with E-state index in [-0.39, 0.29) is 0 Å². The van der Waals surface area contributed by atoms with Crippen molar-refractivity contribution >= 4 is 16.9 Å². The number of rotatable bonds is 2. The normalized spacial score (nSPS) is 11.5. The number of aromatic nitrogens is 4. The molecule has 2 heterocycles. The zero-order valence-electron chi connectivity index (χ0n) is 9.23. The van der Waals surface area contributed by atoms with Crippen molar-refractivity contribution in [2.24, 2.45) is 5.92 Å². The third kappa shape index (κ3) is 1.77. The van der Waals surface area contributed by atoms with Crippen LogP contribution in [0.2, 0.25) is 0 Å². The van der Waals surface area contributed by atoms with Crippen LogP contribution < -0.4 is 5.73 Å². The second-order valence-corrected chi connectivity index (χ2v) is 4.11. The highest BCUT2D eigenvalue weighted by atomic mass is 15.3. The van der Waals surface area contributed by atoms with Crippen LogP contribution in [-0.2, 0) is 6.54 Å². The van der Waals surface area contributed by atoms with Gasteiger partial charge in [-0.1, -0.05) is 13.8 Å². The molecule has 0 radical (unpaired) electrons. The van der Waals surface area contributed by atoms with Crippen molar-refractivity contribution in [3.63, 3.8) is 0 Å². The number of nitrogen functional groups attached to an aromatic ring is 1. The molecule has 0 aliphatic carbocycles. The Hall–Kier alpha value is -1.65. The fourth-order valence-electron chi connectivity index (χ4n) is 1.57. The van der Waals surface area contributed by atoms with Gasteiger partial charge in [-0.15, -0.1) is 0 Å². The second kappa shape index (κ2) is 3.49. The van der Waals surface area contributed by atoms with E-state index < -0.39 is 0 Å². The van der Waals surface area contributed by atoms with E-state index in [2.05, 4.69) is 28.9 Å². The smallest absolute Gasteiger partial charge is 0.163 e. The summed E-state index contributed by atoms with van der Waals surface area (Å²) in [6, 6.07) is 0. The van der Waals surface area contributed by atoms with Gasteiger partial charge in [-0.2, -0.15) is 5.10 Å². The van der Waals surface area contributed by atoms with Crippen molar-refractivity contribution in [1.29, 1.82) is 0 Å². The number of nitrogens with zero attached hydrogens (tertiary/aromatic N) is 4. The van der Waals surface area contributed by atoms with Gasteiger partial charge in [0.15, 0.2) is 5.65 Å². The van der Waals surface area contributed by atoms with Gasteiger partial charge in [-0.3, -0.25) is 0 Å². The van der Waals surface area contributed by atoms with Crippen LogP contribution in [0.25, 0.3) is 11.0 Å². The van der Waals surface area contributed by atoms with Crippen LogP contribution >= 0.6 is 0 Å². The Balaban J connectivity index is 2.58. The van der Waals surface area contributed by atoms with Crippen LogP contribution in [0, 0.1) is 12.8 Å². The molecule has 0 aromatic carbocycles. The van der Waals surface area contributed by atoms with Gasteiger partial charge >= 0.3 is 0 Å².